The monoisotopic (exact) mass is 1760 g/mol. The number of esters is 4. The van der Waals surface area contributed by atoms with Gasteiger partial charge in [0, 0.05) is 148 Å². The molecule has 704 valence electrons. The molecular weight excluding hydrogens is 1570 g/mol. The minimum absolute atomic E-state index is 0. The molecule has 4 aromatic carbocycles. The van der Waals surface area contributed by atoms with Gasteiger partial charge in [-0.15, -0.1) is 0 Å². The molecule has 0 saturated carbocycles. The van der Waals surface area contributed by atoms with Gasteiger partial charge in [0.2, 0.25) is 0 Å². The van der Waals surface area contributed by atoms with Crippen molar-refractivity contribution in [1.82, 2.24) is 19.6 Å². The second kappa shape index (κ2) is 48.9. The summed E-state index contributed by atoms with van der Waals surface area (Å²) in [5.41, 5.74) is 23.2. The van der Waals surface area contributed by atoms with Gasteiger partial charge in [0.25, 0.3) is 0 Å². The fraction of sp³-hybridized carbons (Fsp3) is 0.720. The first-order valence-electron chi connectivity index (χ1n) is 55.0. The van der Waals surface area contributed by atoms with E-state index in [9.17, 15) is 24.7 Å². The average Bonchev–Trinajstić information content (AvgIpc) is 0.679. The predicted molar refractivity (Wildman–Crippen MR) is 498 cm³/mol. The van der Waals surface area contributed by atoms with Crippen molar-refractivity contribution >= 4 is 23.9 Å². The largest absolute Gasteiger partial charge is 0.493 e. The molecule has 4 fully saturated rings. The fourth-order valence-corrected chi connectivity index (χ4v) is 15.9. The minimum Gasteiger partial charge on any atom is -0.493 e. The maximum Gasteiger partial charge on any atom is 0.323 e. The SMILES string of the molecule is C.C.C.C.[2H]C1(OC(=O)[C@@H](N)C(C)C)CC2([2H])c3cc(OC)c(OC)cc3C([2H])([2H])C([2H])([2H])N2CC1CC(C)C.[2H]c1c(OC)c(OC)c([2H])c2c1C1([2H])CC(OC(=O)[C@@H](N)C(C)C)C(CC(C)C)CN1C([2H])([2H])C2([2H])[2H].[2H]c1c(OC)c(OC)c([2H])c2c1C1CC(OC(=O)[C@@H](N)C(C)C)C(CC(C)C)CN1C([2H])([2H])C2([2H])[2H].[2H]c1c(OC)c(OC)c([2H])c2c1C1CC([2H])(OC(=O)[C@@H](N)C(C)C)C(CC(C)C)CN1C([2H])([2H])C2([2H])[2H]. The third-order valence-corrected chi connectivity index (χ3v) is 22.8. The van der Waals surface area contributed by atoms with E-state index in [1.165, 1.54) is 83.7 Å². The van der Waals surface area contributed by atoms with E-state index in [0.717, 1.165) is 4.90 Å². The standard InChI is InChI=1S/4C24H38N2O4.4CH4/c4*1-14(2)9-17-13-26-8-7-16-10-21(28-5)22(29-6)11-18(16)19(26)12-20(17)30-24(27)23(25)15(3)4;;;;/h4*10-11,14-15,17,19-20,23H,7-9,12-13,25H2,1-6H3;4*1H4/t4*17?,19?,20?,23-;;;;/m0000..../s1/i7D2,8D2,10D,11D,20D;7D2,8D2,10D,11D,19D;7D2,8D2,19D,20D;7D2,8D2,10D,11D;;;;. The molecular formula is C100H168N8O16. The molecule has 8 aliphatic heterocycles. The van der Waals surface area contributed by atoms with Crippen LogP contribution in [0.1, 0.15) is 296 Å². The van der Waals surface area contributed by atoms with E-state index in [4.69, 9.17) is 110 Å². The molecule has 4 saturated heterocycles. The van der Waals surface area contributed by atoms with Gasteiger partial charge in [-0.1, -0.05) is 140 Å². The number of carbonyl (C=O) groups excluding carboxylic acids is 4. The third-order valence-electron chi connectivity index (χ3n) is 22.8. The van der Waals surface area contributed by atoms with Gasteiger partial charge in [0.15, 0.2) is 46.0 Å². The maximum absolute atomic E-state index is 12.9. The topological polar surface area (TPSA) is 296 Å². The number of carbonyl (C=O) groups is 4. The second-order valence-electron chi connectivity index (χ2n) is 35.0. The molecule has 8 heterocycles. The van der Waals surface area contributed by atoms with Crippen LogP contribution in [0.4, 0.5) is 0 Å². The summed E-state index contributed by atoms with van der Waals surface area (Å²) >= 11 is 0. The molecule has 0 aliphatic carbocycles. The number of fused-ring (bicyclic) bond motifs is 12. The van der Waals surface area contributed by atoms with Gasteiger partial charge in [-0.05, 0) is 191 Å². The summed E-state index contributed by atoms with van der Waals surface area (Å²) in [4.78, 5) is 56.5. The number of benzene rings is 4. The Morgan fingerprint density at radius 1 is 0.347 bits per heavy atom. The quantitative estimate of drug-likeness (QED) is 0.0303. The van der Waals surface area contributed by atoms with E-state index in [1.54, 1.807) is 41.5 Å². The number of piperidine rings is 4. The predicted octanol–water partition coefficient (Wildman–Crippen LogP) is 16.8. The lowest BCUT2D eigenvalue weighted by Gasteiger charge is -2.47. The Balaban J connectivity index is 0.000000348. The van der Waals surface area contributed by atoms with Gasteiger partial charge in [-0.2, -0.15) is 0 Å². The average molecular weight is 1760 g/mol. The summed E-state index contributed by atoms with van der Waals surface area (Å²) in [6, 6.07) is -8.61. The van der Waals surface area contributed by atoms with Crippen molar-refractivity contribution in [2.45, 2.75) is 290 Å². The third kappa shape index (κ3) is 26.5. The van der Waals surface area contributed by atoms with Gasteiger partial charge < -0.3 is 79.8 Å². The van der Waals surface area contributed by atoms with Crippen molar-refractivity contribution in [3.05, 3.63) is 92.9 Å². The highest BCUT2D eigenvalue weighted by molar-refractivity contribution is 5.77. The van der Waals surface area contributed by atoms with Crippen LogP contribution in [0.15, 0.2) is 48.4 Å². The molecule has 12 rings (SSSR count). The van der Waals surface area contributed by atoms with Crippen molar-refractivity contribution in [2.75, 3.05) is 109 Å². The van der Waals surface area contributed by atoms with Crippen LogP contribution in [-0.4, -0.2) is 201 Å². The summed E-state index contributed by atoms with van der Waals surface area (Å²) in [6.07, 6.45) is -14.4. The first-order valence-corrected chi connectivity index (χ1v) is 42.0. The van der Waals surface area contributed by atoms with Crippen molar-refractivity contribution in [3.8, 4) is 46.0 Å². The Kier molecular flexibility index (Phi) is 28.6. The van der Waals surface area contributed by atoms with Crippen LogP contribution in [0, 0.1) is 71.0 Å². The molecule has 0 radical (unpaired) electrons. The van der Waals surface area contributed by atoms with Gasteiger partial charge in [-0.3, -0.25) is 38.8 Å². The minimum atomic E-state index is -2.76. The number of hydrogen-bond acceptors (Lipinski definition) is 24. The van der Waals surface area contributed by atoms with Gasteiger partial charge >= 0.3 is 23.9 Å². The van der Waals surface area contributed by atoms with Crippen LogP contribution in [-0.2, 0) is 63.6 Å². The molecule has 8 aliphatic rings. The molecule has 16 atom stereocenters. The Labute approximate surface area is 784 Å². The van der Waals surface area contributed by atoms with Crippen LogP contribution >= 0.6 is 0 Å². The highest BCUT2D eigenvalue weighted by Gasteiger charge is 2.48. The number of ether oxygens (including phenoxy) is 12. The van der Waals surface area contributed by atoms with Crippen molar-refractivity contribution < 1.29 is 112 Å². The van der Waals surface area contributed by atoms with Crippen LogP contribution in [0.2, 0.25) is 0 Å². The van der Waals surface area contributed by atoms with Crippen LogP contribution in [0.25, 0.3) is 0 Å². The number of rotatable bonds is 28. The lowest BCUT2D eigenvalue weighted by atomic mass is 9.79. The van der Waals surface area contributed by atoms with Crippen LogP contribution in [0.5, 0.6) is 46.0 Å². The molecule has 0 bridgehead atoms. The zero-order chi connectivity index (χ0) is 111. The molecule has 24 nitrogen and oxygen atoms in total. The van der Waals surface area contributed by atoms with E-state index < -0.39 is 190 Å². The second-order valence-corrected chi connectivity index (χ2v) is 35.0. The normalized spacial score (nSPS) is 32.8. The van der Waals surface area contributed by atoms with Crippen molar-refractivity contribution in [3.63, 3.8) is 0 Å². The van der Waals surface area contributed by atoms with E-state index >= 15 is 0 Å². The summed E-state index contributed by atoms with van der Waals surface area (Å²) in [6.45, 7) is 19.5. The van der Waals surface area contributed by atoms with Gasteiger partial charge in [0.1, 0.15) is 48.5 Å². The smallest absolute Gasteiger partial charge is 0.323 e. The Morgan fingerprint density at radius 3 is 0.992 bits per heavy atom. The first-order chi connectivity index (χ1) is 67.0. The Bertz CT molecular complexity index is 5400. The van der Waals surface area contributed by atoms with E-state index in [1.807, 2.05) is 69.2 Å². The first kappa shape index (κ1) is 72.7. The molecule has 124 heavy (non-hydrogen) atoms. The van der Waals surface area contributed by atoms with Gasteiger partial charge in [-0.25, -0.2) is 0 Å². The Hall–Kier alpha value is -7.16. The number of aryl methyl sites for hydroxylation is 1. The summed E-state index contributed by atoms with van der Waals surface area (Å²) < 4.78 is 297. The molecule has 4 aromatic rings. The highest BCUT2D eigenvalue weighted by Crippen LogP contribution is 2.50. The molecule has 0 amide bonds. The molecule has 12 unspecified atom stereocenters. The summed E-state index contributed by atoms with van der Waals surface area (Å²) in [5.74, 6) is -5.11. The lowest BCUT2D eigenvalue weighted by molar-refractivity contribution is -0.161. The van der Waals surface area contributed by atoms with E-state index in [2.05, 4.69) is 0 Å². The number of hydrogen-bond donors (Lipinski definition) is 4. The van der Waals surface area contributed by atoms with E-state index in [-0.39, 0.29) is 238 Å². The lowest BCUT2D eigenvalue weighted by Crippen LogP contribution is -2.51. The van der Waals surface area contributed by atoms with Crippen LogP contribution in [0.3, 0.4) is 0 Å². The fourth-order valence-electron chi connectivity index (χ4n) is 15.9. The summed E-state index contributed by atoms with van der Waals surface area (Å²) in [7, 11) is 10.6. The van der Waals surface area contributed by atoms with Crippen molar-refractivity contribution in [2.24, 2.45) is 93.9 Å². The molecule has 0 aromatic heterocycles. The molecule has 24 heteroatoms. The van der Waals surface area contributed by atoms with E-state index in [0.29, 0.717) is 25.7 Å². The zero-order valence-electron chi connectivity index (χ0n) is 101. The van der Waals surface area contributed by atoms with Crippen LogP contribution < -0.4 is 60.8 Å². The zero-order valence-corrected chi connectivity index (χ0v) is 74.8. The highest BCUT2D eigenvalue weighted by atomic mass is 16.6. The van der Waals surface area contributed by atoms with Crippen molar-refractivity contribution in [1.29, 1.82) is 0 Å². The number of nitrogens with two attached hydrogens (primary N) is 4. The maximum atomic E-state index is 12.9. The summed E-state index contributed by atoms with van der Waals surface area (Å²) in [5, 5.41) is 0. The van der Waals surface area contributed by atoms with Gasteiger partial charge in [0.05, 0.1) is 70.6 Å². The molecule has 8 N–H and O–H groups in total. The number of nitrogens with zero attached hydrogens (tertiary/aromatic N) is 4. The molecule has 0 spiro atoms. The number of methoxy groups -OCH3 is 8. The Morgan fingerprint density at radius 2 is 0.621 bits per heavy atom.